The molecule has 1 amide bonds. The maximum atomic E-state index is 12.4. The van der Waals surface area contributed by atoms with E-state index in [1.54, 1.807) is 0 Å². The van der Waals surface area contributed by atoms with E-state index in [4.69, 9.17) is 4.74 Å². The molecule has 0 aromatic rings. The third-order valence-electron chi connectivity index (χ3n) is 5.18. The van der Waals surface area contributed by atoms with Crippen LogP contribution >= 0.6 is 0 Å². The van der Waals surface area contributed by atoms with Gasteiger partial charge in [-0.25, -0.2) is 0 Å². The molecule has 0 radical (unpaired) electrons. The second kappa shape index (κ2) is 6.23. The Balaban J connectivity index is 1.49. The highest BCUT2D eigenvalue weighted by Gasteiger charge is 2.31. The van der Waals surface area contributed by atoms with Crippen molar-refractivity contribution in [3.8, 4) is 0 Å². The third-order valence-corrected chi connectivity index (χ3v) is 5.18. The second-order valence-corrected chi connectivity index (χ2v) is 6.40. The van der Waals surface area contributed by atoms with Gasteiger partial charge in [0.05, 0.1) is 0 Å². The number of fused-ring (bicyclic) bond motifs is 1. The maximum absolute atomic E-state index is 12.4. The van der Waals surface area contributed by atoms with Crippen LogP contribution in [0.1, 0.15) is 32.1 Å². The molecule has 3 heterocycles. The standard InChI is InChI=1S/C15H26N2O2/c18-15(9-12-3-7-19-8-4-12)17-5-1-13-10-16-11-14(13)2-6-17/h12-14,16H,1-11H2/t13-,14+. The van der Waals surface area contributed by atoms with Gasteiger partial charge in [0.15, 0.2) is 0 Å². The number of carbonyl (C=O) groups is 1. The van der Waals surface area contributed by atoms with E-state index in [1.807, 2.05) is 0 Å². The smallest absolute Gasteiger partial charge is 0.222 e. The van der Waals surface area contributed by atoms with Crippen LogP contribution in [0.25, 0.3) is 0 Å². The molecule has 3 aliphatic rings. The van der Waals surface area contributed by atoms with Gasteiger partial charge in [-0.05, 0) is 56.5 Å². The number of rotatable bonds is 2. The third kappa shape index (κ3) is 3.29. The first-order valence-corrected chi connectivity index (χ1v) is 7.89. The first-order chi connectivity index (χ1) is 9.33. The number of ether oxygens (including phenoxy) is 1. The SMILES string of the molecule is O=C(CC1CCOCC1)N1CC[C@@H]2CNC[C@@H]2CC1. The van der Waals surface area contributed by atoms with Crippen molar-refractivity contribution in [2.75, 3.05) is 39.4 Å². The summed E-state index contributed by atoms with van der Waals surface area (Å²) in [5.74, 6) is 2.56. The van der Waals surface area contributed by atoms with Crippen molar-refractivity contribution in [3.63, 3.8) is 0 Å². The zero-order valence-corrected chi connectivity index (χ0v) is 11.8. The molecule has 0 spiro atoms. The minimum atomic E-state index is 0.389. The summed E-state index contributed by atoms with van der Waals surface area (Å²) in [5.41, 5.74) is 0. The molecule has 0 unspecified atom stereocenters. The van der Waals surface area contributed by atoms with Crippen molar-refractivity contribution in [1.29, 1.82) is 0 Å². The predicted octanol–water partition coefficient (Wildman–Crippen LogP) is 1.26. The lowest BCUT2D eigenvalue weighted by Crippen LogP contribution is -2.34. The van der Waals surface area contributed by atoms with Crippen molar-refractivity contribution in [3.05, 3.63) is 0 Å². The molecule has 0 aliphatic carbocycles. The number of hydrogen-bond acceptors (Lipinski definition) is 3. The number of hydrogen-bond donors (Lipinski definition) is 1. The van der Waals surface area contributed by atoms with Gasteiger partial charge in [-0.1, -0.05) is 0 Å². The van der Waals surface area contributed by atoms with Crippen molar-refractivity contribution in [2.45, 2.75) is 32.1 Å². The molecule has 0 aromatic heterocycles. The fourth-order valence-corrected chi connectivity index (χ4v) is 3.79. The maximum Gasteiger partial charge on any atom is 0.222 e. The zero-order chi connectivity index (χ0) is 13.1. The summed E-state index contributed by atoms with van der Waals surface area (Å²) in [5, 5.41) is 3.48. The first-order valence-electron chi connectivity index (χ1n) is 7.89. The second-order valence-electron chi connectivity index (χ2n) is 6.40. The van der Waals surface area contributed by atoms with Crippen LogP contribution in [0.2, 0.25) is 0 Å². The fraction of sp³-hybridized carbons (Fsp3) is 0.933. The highest BCUT2D eigenvalue weighted by molar-refractivity contribution is 5.76. The summed E-state index contributed by atoms with van der Waals surface area (Å²) in [6, 6.07) is 0. The molecular formula is C15H26N2O2. The van der Waals surface area contributed by atoms with Crippen LogP contribution in [0.15, 0.2) is 0 Å². The molecule has 2 atom stereocenters. The van der Waals surface area contributed by atoms with Gasteiger partial charge in [0.25, 0.3) is 0 Å². The normalized spacial score (nSPS) is 32.9. The van der Waals surface area contributed by atoms with E-state index >= 15 is 0 Å². The number of likely N-dealkylation sites (tertiary alicyclic amines) is 1. The molecule has 0 saturated carbocycles. The highest BCUT2D eigenvalue weighted by Crippen LogP contribution is 2.28. The van der Waals surface area contributed by atoms with E-state index in [0.29, 0.717) is 11.8 Å². The van der Waals surface area contributed by atoms with Crippen LogP contribution in [0, 0.1) is 17.8 Å². The molecule has 3 saturated heterocycles. The summed E-state index contributed by atoms with van der Waals surface area (Å²) < 4.78 is 5.37. The van der Waals surface area contributed by atoms with Gasteiger partial charge in [0.1, 0.15) is 0 Å². The van der Waals surface area contributed by atoms with Crippen molar-refractivity contribution >= 4 is 5.91 Å². The van der Waals surface area contributed by atoms with Gasteiger partial charge < -0.3 is 15.0 Å². The Labute approximate surface area is 115 Å². The molecule has 4 nitrogen and oxygen atoms in total. The Morgan fingerprint density at radius 2 is 1.68 bits per heavy atom. The van der Waals surface area contributed by atoms with E-state index < -0.39 is 0 Å². The monoisotopic (exact) mass is 266 g/mol. The first kappa shape index (κ1) is 13.4. The van der Waals surface area contributed by atoms with Gasteiger partial charge >= 0.3 is 0 Å². The van der Waals surface area contributed by atoms with Gasteiger partial charge in [0.2, 0.25) is 5.91 Å². The molecule has 3 aliphatic heterocycles. The molecule has 3 rings (SSSR count). The predicted molar refractivity (Wildman–Crippen MR) is 73.8 cm³/mol. The molecule has 0 aromatic carbocycles. The molecule has 4 heteroatoms. The minimum absolute atomic E-state index is 0.389. The zero-order valence-electron chi connectivity index (χ0n) is 11.8. The van der Waals surface area contributed by atoms with Crippen molar-refractivity contribution < 1.29 is 9.53 Å². The van der Waals surface area contributed by atoms with Crippen molar-refractivity contribution in [2.24, 2.45) is 17.8 Å². The summed E-state index contributed by atoms with van der Waals surface area (Å²) in [6.45, 7) is 5.96. The minimum Gasteiger partial charge on any atom is -0.381 e. The molecule has 1 N–H and O–H groups in total. The summed E-state index contributed by atoms with van der Waals surface area (Å²) in [4.78, 5) is 14.5. The van der Waals surface area contributed by atoms with Gasteiger partial charge in [0, 0.05) is 32.7 Å². The molecule has 3 fully saturated rings. The lowest BCUT2D eigenvalue weighted by atomic mass is 9.92. The van der Waals surface area contributed by atoms with E-state index in [9.17, 15) is 4.79 Å². The molecule has 108 valence electrons. The van der Waals surface area contributed by atoms with Crippen LogP contribution in [-0.2, 0) is 9.53 Å². The van der Waals surface area contributed by atoms with Crippen LogP contribution in [0.3, 0.4) is 0 Å². The van der Waals surface area contributed by atoms with Gasteiger partial charge in [-0.3, -0.25) is 4.79 Å². The molecule has 19 heavy (non-hydrogen) atoms. The average molecular weight is 266 g/mol. The van der Waals surface area contributed by atoms with Gasteiger partial charge in [-0.2, -0.15) is 0 Å². The number of carbonyl (C=O) groups excluding carboxylic acids is 1. The average Bonchev–Trinajstić information content (AvgIpc) is 2.78. The molecule has 0 bridgehead atoms. The van der Waals surface area contributed by atoms with Crippen molar-refractivity contribution in [1.82, 2.24) is 10.2 Å². The summed E-state index contributed by atoms with van der Waals surface area (Å²) in [6.07, 6.45) is 5.26. The highest BCUT2D eigenvalue weighted by atomic mass is 16.5. The topological polar surface area (TPSA) is 41.6 Å². The van der Waals surface area contributed by atoms with Gasteiger partial charge in [-0.15, -0.1) is 0 Å². The van der Waals surface area contributed by atoms with Crippen LogP contribution in [0.5, 0.6) is 0 Å². The Kier molecular flexibility index (Phi) is 4.38. The quantitative estimate of drug-likeness (QED) is 0.818. The summed E-state index contributed by atoms with van der Waals surface area (Å²) in [7, 11) is 0. The lowest BCUT2D eigenvalue weighted by Gasteiger charge is -2.26. The molecular weight excluding hydrogens is 240 g/mol. The Morgan fingerprint density at radius 1 is 1.05 bits per heavy atom. The largest absolute Gasteiger partial charge is 0.381 e. The van der Waals surface area contributed by atoms with E-state index in [1.165, 1.54) is 12.8 Å². The van der Waals surface area contributed by atoms with Crippen LogP contribution < -0.4 is 5.32 Å². The van der Waals surface area contributed by atoms with Crippen LogP contribution in [-0.4, -0.2) is 50.2 Å². The van der Waals surface area contributed by atoms with E-state index in [2.05, 4.69) is 10.2 Å². The fourth-order valence-electron chi connectivity index (χ4n) is 3.79. The Hall–Kier alpha value is -0.610. The Bertz CT molecular complexity index is 301. The Morgan fingerprint density at radius 3 is 2.32 bits per heavy atom. The lowest BCUT2D eigenvalue weighted by molar-refractivity contribution is -0.132. The van der Waals surface area contributed by atoms with E-state index in [0.717, 1.165) is 70.5 Å². The summed E-state index contributed by atoms with van der Waals surface area (Å²) >= 11 is 0. The number of nitrogens with one attached hydrogen (secondary N) is 1. The number of amides is 1. The van der Waals surface area contributed by atoms with E-state index in [-0.39, 0.29) is 0 Å². The van der Waals surface area contributed by atoms with Crippen LogP contribution in [0.4, 0.5) is 0 Å². The number of nitrogens with zero attached hydrogens (tertiary/aromatic N) is 1.